The number of aromatic nitrogens is 1. The number of rotatable bonds is 4. The Morgan fingerprint density at radius 2 is 1.27 bits per heavy atom. The Morgan fingerprint density at radius 1 is 0.800 bits per heavy atom. The molecule has 0 radical (unpaired) electrons. The number of anilines is 1. The van der Waals surface area contributed by atoms with Crippen molar-refractivity contribution in [2.75, 3.05) is 5.32 Å². The first kappa shape index (κ1) is 22.2. The van der Waals surface area contributed by atoms with Crippen molar-refractivity contribution >= 4 is 35.7 Å². The number of nitrogens with one attached hydrogen (secondary N) is 1. The zero-order valence-corrected chi connectivity index (χ0v) is 19.9. The first-order valence-electron chi connectivity index (χ1n) is 10.3. The average Bonchev–Trinajstić information content (AvgIpc) is 2.60. The molecule has 3 rings (SSSR count). The number of hydrogen-bond donors (Lipinski definition) is 1. The molecule has 4 heteroatoms. The van der Waals surface area contributed by atoms with Crippen LogP contribution in [0.15, 0.2) is 54.6 Å². The van der Waals surface area contributed by atoms with E-state index < -0.39 is 13.3 Å². The van der Waals surface area contributed by atoms with Gasteiger partial charge in [-0.15, -0.1) is 0 Å². The van der Waals surface area contributed by atoms with Crippen LogP contribution in [-0.4, -0.2) is 10.9 Å². The van der Waals surface area contributed by atoms with Crippen molar-refractivity contribution < 1.29 is 4.79 Å². The highest BCUT2D eigenvalue weighted by Gasteiger charge is 2.23. The number of carbonyl (C=O) groups excluding carboxylic acids is 1. The molecule has 0 saturated heterocycles. The molecule has 2 aromatic carbocycles. The van der Waals surface area contributed by atoms with Gasteiger partial charge in [-0.05, 0) is 50.4 Å². The SMILES string of the molecule is Cc1cc(C)cc(P(c2cc(C)cc(C)c2)c2cccc(NC(=O)C(C)(C)C)n2)c1. The van der Waals surface area contributed by atoms with Crippen molar-refractivity contribution in [2.24, 2.45) is 5.41 Å². The van der Waals surface area contributed by atoms with E-state index in [2.05, 4.69) is 75.5 Å². The van der Waals surface area contributed by atoms with Gasteiger partial charge >= 0.3 is 0 Å². The quantitative estimate of drug-likeness (QED) is 0.602. The standard InChI is InChI=1S/C26H31N2OP/c1-17-11-18(2)14-21(13-17)30(22-15-19(3)12-20(4)16-22)24-10-8-9-23(27-24)28-25(29)26(5,6)7/h8-16H,1-7H3,(H,27,28,29). The molecule has 0 saturated carbocycles. The molecule has 156 valence electrons. The zero-order valence-electron chi connectivity index (χ0n) is 19.0. The Hall–Kier alpha value is -2.51. The molecule has 1 N–H and O–H groups in total. The van der Waals surface area contributed by atoms with Crippen LogP contribution in [0.25, 0.3) is 0 Å². The van der Waals surface area contributed by atoms with Crippen LogP contribution in [0.4, 0.5) is 5.82 Å². The van der Waals surface area contributed by atoms with Gasteiger partial charge in [-0.2, -0.15) is 0 Å². The number of pyridine rings is 1. The van der Waals surface area contributed by atoms with Crippen LogP contribution in [-0.2, 0) is 4.79 Å². The molecular weight excluding hydrogens is 387 g/mol. The third kappa shape index (κ3) is 5.34. The summed E-state index contributed by atoms with van der Waals surface area (Å²) in [4.78, 5) is 17.4. The van der Waals surface area contributed by atoms with Gasteiger partial charge in [-0.25, -0.2) is 4.98 Å². The Labute approximate surface area is 181 Å². The Balaban J connectivity index is 2.13. The van der Waals surface area contributed by atoms with Crippen LogP contribution in [0, 0.1) is 33.1 Å². The summed E-state index contributed by atoms with van der Waals surface area (Å²) in [5.41, 5.74) is 5.52. The number of carbonyl (C=O) groups is 1. The van der Waals surface area contributed by atoms with Crippen LogP contribution in [0.5, 0.6) is 0 Å². The van der Waals surface area contributed by atoms with Crippen molar-refractivity contribution in [3.05, 3.63) is 76.9 Å². The molecule has 1 heterocycles. The molecule has 0 unspecified atom stereocenters. The van der Waals surface area contributed by atoms with E-state index in [1.165, 1.54) is 32.9 Å². The smallest absolute Gasteiger partial charge is 0.230 e. The maximum absolute atomic E-state index is 12.5. The van der Waals surface area contributed by atoms with Gasteiger partial charge in [-0.3, -0.25) is 4.79 Å². The molecule has 0 bridgehead atoms. The number of hydrogen-bond acceptors (Lipinski definition) is 2. The lowest BCUT2D eigenvalue weighted by Gasteiger charge is -2.22. The van der Waals surface area contributed by atoms with E-state index in [1.54, 1.807) is 0 Å². The summed E-state index contributed by atoms with van der Waals surface area (Å²) in [5.74, 6) is 0.572. The minimum absolute atomic E-state index is 0.0331. The number of nitrogens with zero attached hydrogens (tertiary/aromatic N) is 1. The maximum Gasteiger partial charge on any atom is 0.230 e. The second kappa shape index (κ2) is 8.70. The first-order valence-corrected chi connectivity index (χ1v) is 11.6. The minimum Gasteiger partial charge on any atom is -0.310 e. The summed E-state index contributed by atoms with van der Waals surface area (Å²) in [6.07, 6.45) is 0. The molecule has 0 aliphatic carbocycles. The lowest BCUT2D eigenvalue weighted by molar-refractivity contribution is -0.123. The maximum atomic E-state index is 12.5. The fourth-order valence-electron chi connectivity index (χ4n) is 3.49. The molecule has 3 nitrogen and oxygen atoms in total. The molecule has 3 aromatic rings. The van der Waals surface area contributed by atoms with Crippen molar-refractivity contribution in [2.45, 2.75) is 48.5 Å². The van der Waals surface area contributed by atoms with Crippen LogP contribution >= 0.6 is 7.92 Å². The lowest BCUT2D eigenvalue weighted by atomic mass is 9.96. The largest absolute Gasteiger partial charge is 0.310 e. The van der Waals surface area contributed by atoms with Crippen LogP contribution in [0.3, 0.4) is 0 Å². The molecular formula is C26H31N2OP. The van der Waals surface area contributed by atoms with E-state index in [-0.39, 0.29) is 5.91 Å². The van der Waals surface area contributed by atoms with Crippen molar-refractivity contribution in [3.63, 3.8) is 0 Å². The first-order chi connectivity index (χ1) is 14.0. The molecule has 0 aliphatic rings. The summed E-state index contributed by atoms with van der Waals surface area (Å²) < 4.78 is 0. The predicted octanol–water partition coefficient (Wildman–Crippen LogP) is 5.06. The summed E-state index contributed by atoms with van der Waals surface area (Å²) in [6, 6.07) is 19.4. The third-order valence-corrected chi connectivity index (χ3v) is 7.07. The highest BCUT2D eigenvalue weighted by molar-refractivity contribution is 7.79. The van der Waals surface area contributed by atoms with E-state index >= 15 is 0 Å². The Bertz CT molecular complexity index is 991. The second-order valence-electron chi connectivity index (χ2n) is 9.11. The normalized spacial score (nSPS) is 11.6. The van der Waals surface area contributed by atoms with Gasteiger partial charge < -0.3 is 5.32 Å². The van der Waals surface area contributed by atoms with Crippen LogP contribution in [0.2, 0.25) is 0 Å². The molecule has 0 spiro atoms. The molecule has 1 aromatic heterocycles. The van der Waals surface area contributed by atoms with E-state index in [4.69, 9.17) is 4.98 Å². The summed E-state index contributed by atoms with van der Waals surface area (Å²) in [6.45, 7) is 14.3. The van der Waals surface area contributed by atoms with E-state index in [0.29, 0.717) is 5.82 Å². The van der Waals surface area contributed by atoms with Gasteiger partial charge in [0.25, 0.3) is 0 Å². The Kier molecular flexibility index (Phi) is 6.43. The Morgan fingerprint density at radius 3 is 1.70 bits per heavy atom. The predicted molar refractivity (Wildman–Crippen MR) is 130 cm³/mol. The van der Waals surface area contributed by atoms with Crippen molar-refractivity contribution in [1.29, 1.82) is 0 Å². The zero-order chi connectivity index (χ0) is 22.1. The monoisotopic (exact) mass is 418 g/mol. The van der Waals surface area contributed by atoms with Crippen molar-refractivity contribution in [1.82, 2.24) is 4.98 Å². The topological polar surface area (TPSA) is 42.0 Å². The summed E-state index contributed by atoms with van der Waals surface area (Å²) >= 11 is 0. The van der Waals surface area contributed by atoms with Gasteiger partial charge in [0.05, 0.1) is 5.44 Å². The summed E-state index contributed by atoms with van der Waals surface area (Å²) in [5, 5.41) is 5.54. The number of benzene rings is 2. The molecule has 0 aliphatic heterocycles. The molecule has 30 heavy (non-hydrogen) atoms. The molecule has 0 atom stereocenters. The van der Waals surface area contributed by atoms with Gasteiger partial charge in [0, 0.05) is 13.3 Å². The fourth-order valence-corrected chi connectivity index (χ4v) is 6.10. The van der Waals surface area contributed by atoms with Crippen LogP contribution < -0.4 is 21.4 Å². The molecule has 0 fully saturated rings. The molecule has 1 amide bonds. The summed E-state index contributed by atoms with van der Waals surface area (Å²) in [7, 11) is -0.843. The van der Waals surface area contributed by atoms with Gasteiger partial charge in [0.15, 0.2) is 0 Å². The van der Waals surface area contributed by atoms with E-state index in [0.717, 1.165) is 5.44 Å². The van der Waals surface area contributed by atoms with Gasteiger partial charge in [0.2, 0.25) is 5.91 Å². The average molecular weight is 419 g/mol. The number of amides is 1. The van der Waals surface area contributed by atoms with Crippen LogP contribution in [0.1, 0.15) is 43.0 Å². The van der Waals surface area contributed by atoms with Gasteiger partial charge in [-0.1, -0.05) is 85.5 Å². The van der Waals surface area contributed by atoms with E-state index in [1.807, 2.05) is 32.9 Å². The van der Waals surface area contributed by atoms with E-state index in [9.17, 15) is 4.79 Å². The fraction of sp³-hybridized carbons (Fsp3) is 0.308. The van der Waals surface area contributed by atoms with Crippen molar-refractivity contribution in [3.8, 4) is 0 Å². The lowest BCUT2D eigenvalue weighted by Crippen LogP contribution is -2.29. The number of aryl methyl sites for hydroxylation is 4. The highest BCUT2D eigenvalue weighted by atomic mass is 31.1. The second-order valence-corrected chi connectivity index (χ2v) is 11.3. The third-order valence-electron chi connectivity index (χ3n) is 4.82. The van der Waals surface area contributed by atoms with Gasteiger partial charge in [0.1, 0.15) is 5.82 Å². The minimum atomic E-state index is -0.843. The highest BCUT2D eigenvalue weighted by Crippen LogP contribution is 2.34.